The number of carbonyl (C=O) groups excluding carboxylic acids is 2. The molecule has 0 aliphatic carbocycles. The van der Waals surface area contributed by atoms with Gasteiger partial charge in [0.25, 0.3) is 0 Å². The zero-order valence-electron chi connectivity index (χ0n) is 9.37. The highest BCUT2D eigenvalue weighted by atomic mass is 16.2. The third kappa shape index (κ3) is 3.90. The molecule has 0 radical (unpaired) electrons. The maximum absolute atomic E-state index is 11.4. The fourth-order valence-electron chi connectivity index (χ4n) is 1.98. The van der Waals surface area contributed by atoms with Crippen LogP contribution in [0.4, 0.5) is 0 Å². The maximum Gasteiger partial charge on any atom is 0.222 e. The van der Waals surface area contributed by atoms with E-state index >= 15 is 0 Å². The van der Waals surface area contributed by atoms with E-state index in [2.05, 4.69) is 6.92 Å². The number of unbranched alkanes of at least 4 members (excludes halogenated alkanes) is 2. The summed E-state index contributed by atoms with van der Waals surface area (Å²) in [6.45, 7) is 2.92. The fraction of sp³-hybridized carbons (Fsp3) is 0.818. The lowest BCUT2D eigenvalue weighted by molar-refractivity contribution is -0.128. The molecule has 0 aromatic rings. The van der Waals surface area contributed by atoms with E-state index in [1.165, 1.54) is 0 Å². The predicted octanol–water partition coefficient (Wildman–Crippen LogP) is 1.04. The number of nitrogens with two attached hydrogens (primary N) is 1. The van der Waals surface area contributed by atoms with E-state index in [-0.39, 0.29) is 11.8 Å². The van der Waals surface area contributed by atoms with Crippen LogP contribution in [0.25, 0.3) is 0 Å². The van der Waals surface area contributed by atoms with Crippen molar-refractivity contribution in [3.63, 3.8) is 0 Å². The molecule has 0 bridgehead atoms. The third-order valence-corrected chi connectivity index (χ3v) is 2.95. The topological polar surface area (TPSA) is 63.4 Å². The summed E-state index contributed by atoms with van der Waals surface area (Å²) in [6.07, 6.45) is 4.93. The number of primary amides is 1. The minimum atomic E-state index is -0.236. The molecule has 2 N–H and O–H groups in total. The van der Waals surface area contributed by atoms with Gasteiger partial charge in [-0.2, -0.15) is 0 Å². The zero-order chi connectivity index (χ0) is 11.3. The number of hydrogen-bond acceptors (Lipinski definition) is 2. The summed E-state index contributed by atoms with van der Waals surface area (Å²) < 4.78 is 0. The molecule has 15 heavy (non-hydrogen) atoms. The first-order valence-electron chi connectivity index (χ1n) is 5.69. The molecule has 1 fully saturated rings. The Morgan fingerprint density at radius 1 is 1.47 bits per heavy atom. The number of hydrogen-bond donors (Lipinski definition) is 1. The SMILES string of the molecule is CC1CCC(=O)N1CCCCCC(N)=O. The first-order valence-corrected chi connectivity index (χ1v) is 5.69. The zero-order valence-corrected chi connectivity index (χ0v) is 9.37. The van der Waals surface area contributed by atoms with Crippen LogP contribution in [0.15, 0.2) is 0 Å². The largest absolute Gasteiger partial charge is 0.370 e. The molecule has 1 heterocycles. The van der Waals surface area contributed by atoms with Crippen molar-refractivity contribution < 1.29 is 9.59 Å². The molecule has 4 nitrogen and oxygen atoms in total. The van der Waals surface area contributed by atoms with Crippen molar-refractivity contribution in [2.24, 2.45) is 5.73 Å². The van der Waals surface area contributed by atoms with Crippen LogP contribution in [-0.4, -0.2) is 29.3 Å². The van der Waals surface area contributed by atoms with Gasteiger partial charge in [-0.05, 0) is 26.2 Å². The second kappa shape index (κ2) is 5.73. The lowest BCUT2D eigenvalue weighted by atomic mass is 10.2. The van der Waals surface area contributed by atoms with Gasteiger partial charge in [-0.25, -0.2) is 0 Å². The summed E-state index contributed by atoms with van der Waals surface area (Å²) >= 11 is 0. The Balaban J connectivity index is 2.09. The molecule has 1 aliphatic heterocycles. The molecule has 1 rings (SSSR count). The first kappa shape index (κ1) is 12.0. The van der Waals surface area contributed by atoms with Gasteiger partial charge in [0, 0.05) is 25.4 Å². The highest BCUT2D eigenvalue weighted by Gasteiger charge is 2.26. The Kier molecular flexibility index (Phi) is 4.59. The summed E-state index contributed by atoms with van der Waals surface area (Å²) in [4.78, 5) is 23.8. The summed E-state index contributed by atoms with van der Waals surface area (Å²) in [6, 6.07) is 0.397. The summed E-state index contributed by atoms with van der Waals surface area (Å²) in [5.74, 6) is 0.0398. The number of likely N-dealkylation sites (tertiary alicyclic amines) is 1. The quantitative estimate of drug-likeness (QED) is 0.669. The minimum absolute atomic E-state index is 0.236. The average molecular weight is 212 g/mol. The Hall–Kier alpha value is -1.06. The molecule has 0 spiro atoms. The molecule has 0 aromatic carbocycles. The maximum atomic E-state index is 11.4. The Labute approximate surface area is 90.8 Å². The normalized spacial score (nSPS) is 21.0. The molecule has 1 aliphatic rings. The van der Waals surface area contributed by atoms with Crippen molar-refractivity contribution >= 4 is 11.8 Å². The van der Waals surface area contributed by atoms with E-state index in [4.69, 9.17) is 5.73 Å². The first-order chi connectivity index (χ1) is 7.11. The summed E-state index contributed by atoms with van der Waals surface area (Å²) in [5.41, 5.74) is 5.04. The van der Waals surface area contributed by atoms with Crippen LogP contribution in [0, 0.1) is 0 Å². The standard InChI is InChI=1S/C11H20N2O2/c1-9-6-7-11(15)13(9)8-4-2-3-5-10(12)14/h9H,2-8H2,1H3,(H2,12,14). The molecule has 1 saturated heterocycles. The monoisotopic (exact) mass is 212 g/mol. The van der Waals surface area contributed by atoms with Crippen molar-refractivity contribution in [3.8, 4) is 0 Å². The molecule has 0 aromatic heterocycles. The van der Waals surface area contributed by atoms with Gasteiger partial charge >= 0.3 is 0 Å². The van der Waals surface area contributed by atoms with Crippen LogP contribution in [0.5, 0.6) is 0 Å². The van der Waals surface area contributed by atoms with Crippen LogP contribution < -0.4 is 5.73 Å². The van der Waals surface area contributed by atoms with E-state index in [9.17, 15) is 9.59 Å². The van der Waals surface area contributed by atoms with Gasteiger partial charge in [0.05, 0.1) is 0 Å². The number of amides is 2. The van der Waals surface area contributed by atoms with Gasteiger partial charge in [-0.15, -0.1) is 0 Å². The third-order valence-electron chi connectivity index (χ3n) is 2.95. The molecular weight excluding hydrogens is 192 g/mol. The Bertz CT molecular complexity index is 241. The fourth-order valence-corrected chi connectivity index (χ4v) is 1.98. The number of carbonyl (C=O) groups is 2. The molecule has 0 saturated carbocycles. The summed E-state index contributed by atoms with van der Waals surface area (Å²) in [7, 11) is 0. The smallest absolute Gasteiger partial charge is 0.222 e. The van der Waals surface area contributed by atoms with Crippen molar-refractivity contribution in [2.45, 2.75) is 51.5 Å². The molecule has 1 atom stereocenters. The van der Waals surface area contributed by atoms with E-state index in [0.717, 1.165) is 32.2 Å². The van der Waals surface area contributed by atoms with Gasteiger partial charge < -0.3 is 10.6 Å². The predicted molar refractivity (Wildman–Crippen MR) is 58.1 cm³/mol. The second-order valence-electron chi connectivity index (χ2n) is 4.25. The minimum Gasteiger partial charge on any atom is -0.370 e. The van der Waals surface area contributed by atoms with Crippen LogP contribution in [-0.2, 0) is 9.59 Å². The number of rotatable bonds is 6. The van der Waals surface area contributed by atoms with Gasteiger partial charge in [-0.3, -0.25) is 9.59 Å². The van der Waals surface area contributed by atoms with E-state index in [1.54, 1.807) is 0 Å². The second-order valence-corrected chi connectivity index (χ2v) is 4.25. The van der Waals surface area contributed by atoms with Crippen LogP contribution in [0.2, 0.25) is 0 Å². The summed E-state index contributed by atoms with van der Waals surface area (Å²) in [5, 5.41) is 0. The lowest BCUT2D eigenvalue weighted by Crippen LogP contribution is -2.31. The van der Waals surface area contributed by atoms with Gasteiger partial charge in [0.1, 0.15) is 0 Å². The molecule has 2 amide bonds. The van der Waals surface area contributed by atoms with Crippen LogP contribution >= 0.6 is 0 Å². The van der Waals surface area contributed by atoms with E-state index < -0.39 is 0 Å². The van der Waals surface area contributed by atoms with Crippen molar-refractivity contribution in [1.82, 2.24) is 4.90 Å². The van der Waals surface area contributed by atoms with Crippen molar-refractivity contribution in [1.29, 1.82) is 0 Å². The van der Waals surface area contributed by atoms with Crippen LogP contribution in [0.3, 0.4) is 0 Å². The van der Waals surface area contributed by atoms with Gasteiger partial charge in [-0.1, -0.05) is 6.42 Å². The van der Waals surface area contributed by atoms with E-state index in [0.29, 0.717) is 18.9 Å². The van der Waals surface area contributed by atoms with Crippen LogP contribution in [0.1, 0.15) is 45.4 Å². The Morgan fingerprint density at radius 3 is 2.73 bits per heavy atom. The highest BCUT2D eigenvalue weighted by Crippen LogP contribution is 2.18. The molecular formula is C11H20N2O2. The Morgan fingerprint density at radius 2 is 2.20 bits per heavy atom. The molecule has 4 heteroatoms. The molecule has 1 unspecified atom stereocenters. The highest BCUT2D eigenvalue weighted by molar-refractivity contribution is 5.78. The number of nitrogens with zero attached hydrogens (tertiary/aromatic N) is 1. The van der Waals surface area contributed by atoms with E-state index in [1.807, 2.05) is 4.90 Å². The van der Waals surface area contributed by atoms with Gasteiger partial charge in [0.15, 0.2) is 0 Å². The van der Waals surface area contributed by atoms with Crippen molar-refractivity contribution in [3.05, 3.63) is 0 Å². The molecule has 86 valence electrons. The van der Waals surface area contributed by atoms with Crippen molar-refractivity contribution in [2.75, 3.05) is 6.54 Å². The average Bonchev–Trinajstić information content (AvgIpc) is 2.47. The lowest BCUT2D eigenvalue weighted by Gasteiger charge is -2.21. The van der Waals surface area contributed by atoms with Gasteiger partial charge in [0.2, 0.25) is 11.8 Å².